The van der Waals surface area contributed by atoms with E-state index in [9.17, 15) is 4.79 Å². The third-order valence-electron chi connectivity index (χ3n) is 8.49. The SMILES string of the molecule is C=C1CCC[C@]2(C)C[C@H]3OC(=O)[C@H](CN4CCN(Cc5ccccc5)CC4)[C@@H]3C[C@@H]12. The summed E-state index contributed by atoms with van der Waals surface area (Å²) in [6.07, 6.45) is 5.94. The maximum Gasteiger partial charge on any atom is 0.310 e. The van der Waals surface area contributed by atoms with Gasteiger partial charge in [0, 0.05) is 45.2 Å². The summed E-state index contributed by atoms with van der Waals surface area (Å²) in [7, 11) is 0. The Kier molecular flexibility index (Phi) is 5.49. The highest BCUT2D eigenvalue weighted by Crippen LogP contribution is 2.56. The summed E-state index contributed by atoms with van der Waals surface area (Å²) in [5, 5.41) is 0. The second kappa shape index (κ2) is 8.12. The Morgan fingerprint density at radius 3 is 2.63 bits per heavy atom. The van der Waals surface area contributed by atoms with E-state index < -0.39 is 0 Å². The molecule has 0 aromatic heterocycles. The molecule has 5 rings (SSSR count). The highest BCUT2D eigenvalue weighted by molar-refractivity contribution is 5.75. The van der Waals surface area contributed by atoms with E-state index in [0.717, 1.165) is 52.1 Å². The van der Waals surface area contributed by atoms with Crippen LogP contribution < -0.4 is 0 Å². The molecular weight excluding hydrogens is 372 g/mol. The van der Waals surface area contributed by atoms with Gasteiger partial charge < -0.3 is 4.74 Å². The molecule has 5 atom stereocenters. The Morgan fingerprint density at radius 2 is 1.87 bits per heavy atom. The third kappa shape index (κ3) is 3.85. The minimum absolute atomic E-state index is 0.0509. The Hall–Kier alpha value is -1.65. The van der Waals surface area contributed by atoms with Gasteiger partial charge in [-0.2, -0.15) is 0 Å². The second-order valence-electron chi connectivity index (χ2n) is 10.5. The Bertz CT molecular complexity index is 785. The van der Waals surface area contributed by atoms with Crippen molar-refractivity contribution < 1.29 is 9.53 Å². The molecule has 2 saturated carbocycles. The number of hydrogen-bond donors (Lipinski definition) is 0. The molecule has 0 N–H and O–H groups in total. The van der Waals surface area contributed by atoms with Crippen LogP contribution in [-0.4, -0.2) is 54.6 Å². The fourth-order valence-corrected chi connectivity index (χ4v) is 6.71. The number of benzene rings is 1. The average Bonchev–Trinajstić information content (AvgIpc) is 3.02. The molecule has 0 radical (unpaired) electrons. The lowest BCUT2D eigenvalue weighted by Crippen LogP contribution is -2.49. The Labute approximate surface area is 181 Å². The van der Waals surface area contributed by atoms with Crippen LogP contribution in [0, 0.1) is 23.2 Å². The maximum absolute atomic E-state index is 12.8. The first kappa shape index (κ1) is 20.3. The molecule has 4 nitrogen and oxygen atoms in total. The number of piperazine rings is 1. The number of carbonyl (C=O) groups excluding carboxylic acids is 1. The molecule has 2 heterocycles. The lowest BCUT2D eigenvalue weighted by atomic mass is 9.55. The van der Waals surface area contributed by atoms with Crippen molar-refractivity contribution in [1.29, 1.82) is 0 Å². The van der Waals surface area contributed by atoms with Crippen molar-refractivity contribution >= 4 is 5.97 Å². The van der Waals surface area contributed by atoms with Crippen LogP contribution >= 0.6 is 0 Å². The van der Waals surface area contributed by atoms with Crippen molar-refractivity contribution in [3.8, 4) is 0 Å². The molecule has 0 unspecified atom stereocenters. The summed E-state index contributed by atoms with van der Waals surface area (Å²) in [5.41, 5.74) is 3.09. The standard InChI is InChI=1S/C26H36N2O2/c1-19-7-6-10-26(2)16-24-21(15-23(19)26)22(25(29)30-24)18-28-13-11-27(12-14-28)17-20-8-4-3-5-9-20/h3-5,8-9,21-24H,1,6-7,10-18H2,2H3/t21-,22+,23-,24+,26+/m0/s1. The highest BCUT2D eigenvalue weighted by atomic mass is 16.6. The largest absolute Gasteiger partial charge is 0.462 e. The lowest BCUT2D eigenvalue weighted by Gasteiger charge is -2.50. The van der Waals surface area contributed by atoms with E-state index in [1.165, 1.54) is 30.4 Å². The van der Waals surface area contributed by atoms with Crippen LogP contribution in [0.3, 0.4) is 0 Å². The zero-order valence-electron chi connectivity index (χ0n) is 18.4. The van der Waals surface area contributed by atoms with E-state index in [4.69, 9.17) is 4.74 Å². The van der Waals surface area contributed by atoms with Crippen molar-refractivity contribution in [2.24, 2.45) is 23.2 Å². The van der Waals surface area contributed by atoms with Gasteiger partial charge in [0.25, 0.3) is 0 Å². The van der Waals surface area contributed by atoms with Gasteiger partial charge in [-0.25, -0.2) is 0 Å². The first-order valence-electron chi connectivity index (χ1n) is 11.9. The van der Waals surface area contributed by atoms with Gasteiger partial charge in [0.1, 0.15) is 6.10 Å². The summed E-state index contributed by atoms with van der Waals surface area (Å²) >= 11 is 0. The predicted octanol–water partition coefficient (Wildman–Crippen LogP) is 4.12. The van der Waals surface area contributed by atoms with Crippen LogP contribution in [0.5, 0.6) is 0 Å². The van der Waals surface area contributed by atoms with Crippen LogP contribution in [-0.2, 0) is 16.1 Å². The number of ether oxygens (including phenoxy) is 1. The van der Waals surface area contributed by atoms with Gasteiger partial charge in [0.05, 0.1) is 5.92 Å². The van der Waals surface area contributed by atoms with Gasteiger partial charge in [-0.15, -0.1) is 0 Å². The van der Waals surface area contributed by atoms with Gasteiger partial charge in [-0.05, 0) is 49.0 Å². The molecule has 2 aliphatic carbocycles. The molecule has 4 fully saturated rings. The third-order valence-corrected chi connectivity index (χ3v) is 8.49. The van der Waals surface area contributed by atoms with E-state index in [1.54, 1.807) is 0 Å². The Morgan fingerprint density at radius 1 is 1.13 bits per heavy atom. The molecule has 162 valence electrons. The number of allylic oxidation sites excluding steroid dienone is 1. The first-order valence-corrected chi connectivity index (χ1v) is 11.9. The Balaban J connectivity index is 1.19. The number of carbonyl (C=O) groups is 1. The minimum atomic E-state index is 0.0509. The molecule has 0 spiro atoms. The summed E-state index contributed by atoms with van der Waals surface area (Å²) in [5.74, 6) is 1.07. The zero-order chi connectivity index (χ0) is 20.7. The van der Waals surface area contributed by atoms with E-state index in [0.29, 0.717) is 11.8 Å². The van der Waals surface area contributed by atoms with Crippen LogP contribution in [0.2, 0.25) is 0 Å². The zero-order valence-corrected chi connectivity index (χ0v) is 18.4. The lowest BCUT2D eigenvalue weighted by molar-refractivity contribution is -0.146. The number of hydrogen-bond acceptors (Lipinski definition) is 4. The van der Waals surface area contributed by atoms with Crippen molar-refractivity contribution in [2.45, 2.75) is 51.7 Å². The number of rotatable bonds is 4. The van der Waals surface area contributed by atoms with Crippen LogP contribution in [0.25, 0.3) is 0 Å². The summed E-state index contributed by atoms with van der Waals surface area (Å²) in [4.78, 5) is 17.9. The first-order chi connectivity index (χ1) is 14.5. The van der Waals surface area contributed by atoms with Crippen molar-refractivity contribution in [3.63, 3.8) is 0 Å². The van der Waals surface area contributed by atoms with E-state index >= 15 is 0 Å². The van der Waals surface area contributed by atoms with Crippen molar-refractivity contribution in [3.05, 3.63) is 48.0 Å². The number of esters is 1. The number of fused-ring (bicyclic) bond motifs is 2. The van der Waals surface area contributed by atoms with E-state index in [2.05, 4.69) is 53.6 Å². The summed E-state index contributed by atoms with van der Waals surface area (Å²) in [6.45, 7) is 12.9. The molecule has 0 amide bonds. The average molecular weight is 409 g/mol. The fraction of sp³-hybridized carbons (Fsp3) is 0.654. The van der Waals surface area contributed by atoms with E-state index in [-0.39, 0.29) is 23.4 Å². The molecule has 30 heavy (non-hydrogen) atoms. The topological polar surface area (TPSA) is 32.8 Å². The molecule has 0 bridgehead atoms. The molecule has 2 aliphatic heterocycles. The molecule has 2 saturated heterocycles. The molecular formula is C26H36N2O2. The van der Waals surface area contributed by atoms with Gasteiger partial charge in [-0.1, -0.05) is 49.4 Å². The second-order valence-corrected chi connectivity index (χ2v) is 10.5. The van der Waals surface area contributed by atoms with Gasteiger partial charge in [0.15, 0.2) is 0 Å². The van der Waals surface area contributed by atoms with Crippen molar-refractivity contribution in [2.75, 3.05) is 32.7 Å². The normalized spacial score (nSPS) is 37.5. The summed E-state index contributed by atoms with van der Waals surface area (Å²) < 4.78 is 5.96. The summed E-state index contributed by atoms with van der Waals surface area (Å²) in [6, 6.07) is 10.7. The molecule has 1 aromatic rings. The predicted molar refractivity (Wildman–Crippen MR) is 119 cm³/mol. The number of nitrogens with zero attached hydrogens (tertiary/aromatic N) is 2. The molecule has 1 aromatic carbocycles. The highest BCUT2D eigenvalue weighted by Gasteiger charge is 2.55. The molecule has 4 heteroatoms. The van der Waals surface area contributed by atoms with Gasteiger partial charge in [-0.3, -0.25) is 14.6 Å². The smallest absolute Gasteiger partial charge is 0.310 e. The van der Waals surface area contributed by atoms with Crippen LogP contribution in [0.15, 0.2) is 42.5 Å². The van der Waals surface area contributed by atoms with E-state index in [1.807, 2.05) is 0 Å². The minimum Gasteiger partial charge on any atom is -0.462 e. The monoisotopic (exact) mass is 408 g/mol. The van der Waals surface area contributed by atoms with Crippen LogP contribution in [0.1, 0.15) is 44.6 Å². The quantitative estimate of drug-likeness (QED) is 0.554. The van der Waals surface area contributed by atoms with Crippen molar-refractivity contribution in [1.82, 2.24) is 9.80 Å². The van der Waals surface area contributed by atoms with Gasteiger partial charge >= 0.3 is 5.97 Å². The van der Waals surface area contributed by atoms with Crippen LogP contribution in [0.4, 0.5) is 0 Å². The molecule has 4 aliphatic rings. The van der Waals surface area contributed by atoms with Gasteiger partial charge in [0.2, 0.25) is 0 Å². The maximum atomic E-state index is 12.8. The fourth-order valence-electron chi connectivity index (χ4n) is 6.71.